The molecule has 0 saturated carbocycles. The highest BCUT2D eigenvalue weighted by Gasteiger charge is 2.36. The van der Waals surface area contributed by atoms with Crippen molar-refractivity contribution in [2.45, 2.75) is 44.7 Å². The van der Waals surface area contributed by atoms with Gasteiger partial charge in [-0.1, -0.05) is 6.92 Å². The molecular formula is C17H19NO2S. The van der Waals surface area contributed by atoms with E-state index in [2.05, 4.69) is 18.3 Å². The Labute approximate surface area is 128 Å². The molecule has 21 heavy (non-hydrogen) atoms. The Morgan fingerprint density at radius 2 is 2.00 bits per heavy atom. The van der Waals surface area contributed by atoms with Crippen LogP contribution in [-0.4, -0.2) is 16.3 Å². The molecule has 3 nitrogen and oxygen atoms in total. The van der Waals surface area contributed by atoms with Crippen LogP contribution >= 0.6 is 11.3 Å². The van der Waals surface area contributed by atoms with Crippen molar-refractivity contribution < 1.29 is 10.2 Å². The van der Waals surface area contributed by atoms with E-state index in [4.69, 9.17) is 0 Å². The summed E-state index contributed by atoms with van der Waals surface area (Å²) in [6.45, 7) is 3.15. The van der Waals surface area contributed by atoms with E-state index in [0.717, 1.165) is 25.8 Å². The van der Waals surface area contributed by atoms with Gasteiger partial charge in [0.1, 0.15) is 0 Å². The number of fused-ring (bicyclic) bond motifs is 5. The van der Waals surface area contributed by atoms with E-state index in [0.29, 0.717) is 12.0 Å². The molecule has 2 heterocycles. The minimum Gasteiger partial charge on any atom is -0.504 e. The zero-order valence-corrected chi connectivity index (χ0v) is 12.8. The number of nitrogens with one attached hydrogen (secondary N) is 1. The molecule has 0 spiro atoms. The molecule has 0 fully saturated rings. The molecule has 1 aromatic carbocycles. The van der Waals surface area contributed by atoms with Crippen LogP contribution in [0.4, 0.5) is 0 Å². The number of hydrogen-bond acceptors (Lipinski definition) is 4. The minimum absolute atomic E-state index is 0.00393. The van der Waals surface area contributed by atoms with Crippen molar-refractivity contribution in [3.05, 3.63) is 44.6 Å². The van der Waals surface area contributed by atoms with Crippen molar-refractivity contribution in [2.24, 2.45) is 0 Å². The summed E-state index contributed by atoms with van der Waals surface area (Å²) in [7, 11) is 0. The first-order valence-electron chi connectivity index (χ1n) is 7.57. The fraction of sp³-hybridized carbons (Fsp3) is 0.412. The molecule has 0 bridgehead atoms. The number of hydrogen-bond donors (Lipinski definition) is 3. The van der Waals surface area contributed by atoms with E-state index in [1.807, 2.05) is 11.3 Å². The van der Waals surface area contributed by atoms with Gasteiger partial charge in [0.25, 0.3) is 0 Å². The summed E-state index contributed by atoms with van der Waals surface area (Å²) < 4.78 is 0. The standard InChI is InChI=1S/C17H19NO2S/c1-2-10-6-12-16(21-10)8-18-13-4-3-9-5-14(19)15(20)7-11(9)17(12)13/h5-7,13,17-20H,2-4,8H2,1H3/t13-,17+/m0/s1. The summed E-state index contributed by atoms with van der Waals surface area (Å²) in [4.78, 5) is 2.85. The second kappa shape index (κ2) is 4.75. The SMILES string of the molecule is CCc1cc2c(s1)CN[C@H]1CCc3cc(O)c(O)cc3[C@H]21. The topological polar surface area (TPSA) is 52.5 Å². The summed E-state index contributed by atoms with van der Waals surface area (Å²) in [6.07, 6.45) is 3.11. The van der Waals surface area contributed by atoms with Crippen LogP contribution < -0.4 is 5.32 Å². The first-order valence-corrected chi connectivity index (χ1v) is 8.38. The zero-order valence-electron chi connectivity index (χ0n) is 12.0. The lowest BCUT2D eigenvalue weighted by Gasteiger charge is -2.38. The van der Waals surface area contributed by atoms with Gasteiger partial charge in [-0.3, -0.25) is 0 Å². The monoisotopic (exact) mass is 301 g/mol. The van der Waals surface area contributed by atoms with Gasteiger partial charge in [0.2, 0.25) is 0 Å². The molecule has 1 aromatic heterocycles. The largest absolute Gasteiger partial charge is 0.504 e. The van der Waals surface area contributed by atoms with E-state index in [9.17, 15) is 10.2 Å². The van der Waals surface area contributed by atoms with Crippen LogP contribution in [0.5, 0.6) is 11.5 Å². The molecule has 2 atom stereocenters. The third-order valence-electron chi connectivity index (χ3n) is 4.80. The molecule has 0 saturated heterocycles. The smallest absolute Gasteiger partial charge is 0.157 e. The fourth-order valence-electron chi connectivity index (χ4n) is 3.74. The van der Waals surface area contributed by atoms with Gasteiger partial charge in [-0.15, -0.1) is 11.3 Å². The molecule has 4 rings (SSSR count). The molecule has 110 valence electrons. The molecule has 0 radical (unpaired) electrons. The average Bonchev–Trinajstić information content (AvgIpc) is 2.91. The molecule has 0 amide bonds. The Hall–Kier alpha value is -1.52. The highest BCUT2D eigenvalue weighted by molar-refractivity contribution is 7.12. The predicted molar refractivity (Wildman–Crippen MR) is 84.3 cm³/mol. The number of phenols is 2. The van der Waals surface area contributed by atoms with Crippen molar-refractivity contribution >= 4 is 11.3 Å². The molecule has 2 aliphatic rings. The molecule has 0 unspecified atom stereocenters. The Morgan fingerprint density at radius 3 is 2.81 bits per heavy atom. The average molecular weight is 301 g/mol. The van der Waals surface area contributed by atoms with Crippen LogP contribution in [0.3, 0.4) is 0 Å². The number of phenolic OH excluding ortho intramolecular Hbond substituents is 2. The first-order chi connectivity index (χ1) is 10.2. The number of benzene rings is 1. The Morgan fingerprint density at radius 1 is 1.19 bits per heavy atom. The maximum absolute atomic E-state index is 9.90. The highest BCUT2D eigenvalue weighted by Crippen LogP contribution is 2.46. The van der Waals surface area contributed by atoms with Gasteiger partial charge in [0.15, 0.2) is 11.5 Å². The zero-order chi connectivity index (χ0) is 14.6. The van der Waals surface area contributed by atoms with E-state index in [1.54, 1.807) is 12.1 Å². The summed E-state index contributed by atoms with van der Waals surface area (Å²) in [5.74, 6) is 0.295. The molecule has 4 heteroatoms. The Bertz CT molecular complexity index is 707. The van der Waals surface area contributed by atoms with Crippen LogP contribution in [0.1, 0.15) is 45.7 Å². The van der Waals surface area contributed by atoms with E-state index < -0.39 is 0 Å². The predicted octanol–water partition coefficient (Wildman–Crippen LogP) is 3.27. The number of thiophene rings is 1. The third-order valence-corrected chi connectivity index (χ3v) is 6.09. The number of aryl methyl sites for hydroxylation is 2. The van der Waals surface area contributed by atoms with Gasteiger partial charge in [0, 0.05) is 28.3 Å². The van der Waals surface area contributed by atoms with Gasteiger partial charge in [0.05, 0.1) is 0 Å². The maximum Gasteiger partial charge on any atom is 0.157 e. The summed E-state index contributed by atoms with van der Waals surface area (Å²) >= 11 is 1.90. The van der Waals surface area contributed by atoms with Crippen LogP contribution in [0, 0.1) is 0 Å². The fourth-order valence-corrected chi connectivity index (χ4v) is 4.85. The van der Waals surface area contributed by atoms with Gasteiger partial charge >= 0.3 is 0 Å². The lowest BCUT2D eigenvalue weighted by atomic mass is 9.74. The second-order valence-electron chi connectivity index (χ2n) is 5.99. The van der Waals surface area contributed by atoms with Gasteiger partial charge in [-0.25, -0.2) is 0 Å². The lowest BCUT2D eigenvalue weighted by molar-refractivity contribution is 0.382. The van der Waals surface area contributed by atoms with Crippen molar-refractivity contribution in [2.75, 3.05) is 0 Å². The van der Waals surface area contributed by atoms with E-state index >= 15 is 0 Å². The molecular weight excluding hydrogens is 282 g/mol. The van der Waals surface area contributed by atoms with E-state index in [-0.39, 0.29) is 11.5 Å². The third kappa shape index (κ3) is 1.97. The Kier molecular flexibility index (Phi) is 2.98. The lowest BCUT2D eigenvalue weighted by Crippen LogP contribution is -2.41. The van der Waals surface area contributed by atoms with Gasteiger partial charge in [-0.05, 0) is 54.2 Å². The second-order valence-corrected chi connectivity index (χ2v) is 7.21. The normalized spacial score (nSPS) is 23.3. The quantitative estimate of drug-likeness (QED) is 0.709. The van der Waals surface area contributed by atoms with Gasteiger partial charge < -0.3 is 15.5 Å². The van der Waals surface area contributed by atoms with Crippen molar-refractivity contribution in [3.63, 3.8) is 0 Å². The first kappa shape index (κ1) is 13.2. The highest BCUT2D eigenvalue weighted by atomic mass is 32.1. The summed E-state index contributed by atoms with van der Waals surface area (Å²) in [5.41, 5.74) is 3.77. The Balaban J connectivity index is 1.88. The number of rotatable bonds is 1. The molecule has 3 N–H and O–H groups in total. The number of aromatic hydroxyl groups is 2. The van der Waals surface area contributed by atoms with Crippen molar-refractivity contribution in [1.82, 2.24) is 5.32 Å². The molecule has 1 aliphatic heterocycles. The molecule has 2 aromatic rings. The van der Waals surface area contributed by atoms with Crippen LogP contribution in [-0.2, 0) is 19.4 Å². The van der Waals surface area contributed by atoms with E-state index in [1.165, 1.54) is 26.4 Å². The van der Waals surface area contributed by atoms with Crippen molar-refractivity contribution in [3.8, 4) is 11.5 Å². The van der Waals surface area contributed by atoms with Crippen LogP contribution in [0.15, 0.2) is 18.2 Å². The summed E-state index contributed by atoms with van der Waals surface area (Å²) in [6, 6.07) is 6.29. The minimum atomic E-state index is -0.00697. The van der Waals surface area contributed by atoms with Crippen LogP contribution in [0.2, 0.25) is 0 Å². The summed E-state index contributed by atoms with van der Waals surface area (Å²) in [5, 5.41) is 23.3. The van der Waals surface area contributed by atoms with Gasteiger partial charge in [-0.2, -0.15) is 0 Å². The van der Waals surface area contributed by atoms with Crippen LogP contribution in [0.25, 0.3) is 0 Å². The van der Waals surface area contributed by atoms with Crippen molar-refractivity contribution in [1.29, 1.82) is 0 Å². The maximum atomic E-state index is 9.90. The molecule has 1 aliphatic carbocycles.